The summed E-state index contributed by atoms with van der Waals surface area (Å²) in [6.45, 7) is 1.48. The molecule has 5 nitrogen and oxygen atoms in total. The number of likely N-dealkylation sites (N-methyl/N-ethyl adjacent to an activating group) is 1. The van der Waals surface area contributed by atoms with Crippen LogP contribution in [-0.2, 0) is 10.2 Å². The van der Waals surface area contributed by atoms with Crippen LogP contribution < -0.4 is 5.32 Å². The first-order chi connectivity index (χ1) is 10.6. The van der Waals surface area contributed by atoms with Crippen molar-refractivity contribution in [2.75, 3.05) is 27.2 Å². The van der Waals surface area contributed by atoms with E-state index >= 15 is 0 Å². The fraction of sp³-hybridized carbons (Fsp3) is 0.412. The predicted molar refractivity (Wildman–Crippen MR) is 84.4 cm³/mol. The monoisotopic (exact) mass is 299 g/mol. The zero-order chi connectivity index (χ0) is 15.6. The summed E-state index contributed by atoms with van der Waals surface area (Å²) in [7, 11) is 3.98. The van der Waals surface area contributed by atoms with Gasteiger partial charge in [-0.05, 0) is 26.9 Å². The van der Waals surface area contributed by atoms with E-state index in [-0.39, 0.29) is 5.91 Å². The molecule has 1 N–H and O–H groups in total. The zero-order valence-corrected chi connectivity index (χ0v) is 13.0. The van der Waals surface area contributed by atoms with Crippen LogP contribution in [0.4, 0.5) is 0 Å². The van der Waals surface area contributed by atoms with Crippen molar-refractivity contribution >= 4 is 5.91 Å². The SMILES string of the molecule is CN(C)CCNC(=O)C1(c2cc(-c3ccccc3)on2)CC1. The van der Waals surface area contributed by atoms with E-state index in [1.165, 1.54) is 0 Å². The standard InChI is InChI=1S/C17H21N3O2/c1-20(2)11-10-18-16(21)17(8-9-17)15-12-14(22-19-15)13-6-4-3-5-7-13/h3-7,12H,8-11H2,1-2H3,(H,18,21). The molecule has 1 heterocycles. The lowest BCUT2D eigenvalue weighted by atomic mass is 10.0. The van der Waals surface area contributed by atoms with Gasteiger partial charge in [0.15, 0.2) is 5.76 Å². The predicted octanol–water partition coefficient (Wildman–Crippen LogP) is 2.05. The molecule has 0 atom stereocenters. The van der Waals surface area contributed by atoms with E-state index in [0.717, 1.165) is 30.6 Å². The first kappa shape index (κ1) is 14.8. The average molecular weight is 299 g/mol. The normalized spacial score (nSPS) is 15.8. The lowest BCUT2D eigenvalue weighted by molar-refractivity contribution is -0.123. The van der Waals surface area contributed by atoms with Crippen LogP contribution in [-0.4, -0.2) is 43.1 Å². The molecule has 0 bridgehead atoms. The van der Waals surface area contributed by atoms with Gasteiger partial charge in [-0.1, -0.05) is 35.5 Å². The summed E-state index contributed by atoms with van der Waals surface area (Å²) in [6, 6.07) is 11.7. The Morgan fingerprint density at radius 1 is 1.32 bits per heavy atom. The van der Waals surface area contributed by atoms with Crippen molar-refractivity contribution in [1.29, 1.82) is 0 Å². The molecule has 0 saturated heterocycles. The third-order valence-electron chi connectivity index (χ3n) is 4.09. The summed E-state index contributed by atoms with van der Waals surface area (Å²) in [5, 5.41) is 7.15. The minimum absolute atomic E-state index is 0.0576. The molecule has 1 aromatic heterocycles. The first-order valence-electron chi connectivity index (χ1n) is 7.57. The first-order valence-corrected chi connectivity index (χ1v) is 7.57. The van der Waals surface area contributed by atoms with E-state index in [1.54, 1.807) is 0 Å². The minimum Gasteiger partial charge on any atom is -0.356 e. The number of amides is 1. The van der Waals surface area contributed by atoms with E-state index in [9.17, 15) is 4.79 Å². The molecule has 116 valence electrons. The maximum atomic E-state index is 12.4. The highest BCUT2D eigenvalue weighted by molar-refractivity contribution is 5.91. The molecule has 1 fully saturated rings. The number of hydrogen-bond acceptors (Lipinski definition) is 4. The fourth-order valence-corrected chi connectivity index (χ4v) is 2.53. The number of nitrogens with one attached hydrogen (secondary N) is 1. The molecule has 1 aliphatic rings. The van der Waals surface area contributed by atoms with Crippen LogP contribution in [0.25, 0.3) is 11.3 Å². The molecule has 5 heteroatoms. The Morgan fingerprint density at radius 2 is 2.05 bits per heavy atom. The van der Waals surface area contributed by atoms with Crippen molar-refractivity contribution < 1.29 is 9.32 Å². The molecule has 0 aliphatic heterocycles. The molecule has 0 unspecified atom stereocenters. The maximum absolute atomic E-state index is 12.4. The van der Waals surface area contributed by atoms with Gasteiger partial charge in [0.25, 0.3) is 0 Å². The lowest BCUT2D eigenvalue weighted by Gasteiger charge is -2.14. The lowest BCUT2D eigenvalue weighted by Crippen LogP contribution is -2.38. The Balaban J connectivity index is 1.71. The number of rotatable bonds is 6. The van der Waals surface area contributed by atoms with E-state index in [0.29, 0.717) is 12.3 Å². The van der Waals surface area contributed by atoms with Crippen LogP contribution >= 0.6 is 0 Å². The van der Waals surface area contributed by atoms with Crippen molar-refractivity contribution in [3.05, 3.63) is 42.1 Å². The molecule has 22 heavy (non-hydrogen) atoms. The quantitative estimate of drug-likeness (QED) is 0.887. The molecule has 0 spiro atoms. The van der Waals surface area contributed by atoms with Gasteiger partial charge in [-0.2, -0.15) is 0 Å². The van der Waals surface area contributed by atoms with Crippen LogP contribution in [0.1, 0.15) is 18.5 Å². The second kappa shape index (κ2) is 5.93. The fourth-order valence-electron chi connectivity index (χ4n) is 2.53. The van der Waals surface area contributed by atoms with E-state index in [4.69, 9.17) is 4.52 Å². The van der Waals surface area contributed by atoms with Crippen LogP contribution in [0.2, 0.25) is 0 Å². The second-order valence-electron chi connectivity index (χ2n) is 6.08. The van der Waals surface area contributed by atoms with Crippen molar-refractivity contribution in [2.45, 2.75) is 18.3 Å². The van der Waals surface area contributed by atoms with Crippen LogP contribution in [0, 0.1) is 0 Å². The largest absolute Gasteiger partial charge is 0.356 e. The average Bonchev–Trinajstić information content (AvgIpc) is 3.18. The Hall–Kier alpha value is -2.14. The van der Waals surface area contributed by atoms with Gasteiger partial charge >= 0.3 is 0 Å². The highest BCUT2D eigenvalue weighted by Gasteiger charge is 2.53. The van der Waals surface area contributed by atoms with Gasteiger partial charge in [0.2, 0.25) is 5.91 Å². The Bertz CT molecular complexity index is 645. The van der Waals surface area contributed by atoms with Gasteiger partial charge in [-0.3, -0.25) is 4.79 Å². The van der Waals surface area contributed by atoms with Crippen molar-refractivity contribution in [3.63, 3.8) is 0 Å². The molecule has 3 rings (SSSR count). The van der Waals surface area contributed by atoms with E-state index < -0.39 is 5.41 Å². The van der Waals surface area contributed by atoms with E-state index in [2.05, 4.69) is 10.5 Å². The van der Waals surface area contributed by atoms with Gasteiger partial charge in [0.05, 0.1) is 11.1 Å². The molecule has 0 radical (unpaired) electrons. The van der Waals surface area contributed by atoms with E-state index in [1.807, 2.05) is 55.4 Å². The number of nitrogens with zero attached hydrogens (tertiary/aromatic N) is 2. The topological polar surface area (TPSA) is 58.4 Å². The van der Waals surface area contributed by atoms with Gasteiger partial charge in [0.1, 0.15) is 0 Å². The smallest absolute Gasteiger partial charge is 0.232 e. The maximum Gasteiger partial charge on any atom is 0.232 e. The summed E-state index contributed by atoms with van der Waals surface area (Å²) >= 11 is 0. The van der Waals surface area contributed by atoms with Gasteiger partial charge in [-0.15, -0.1) is 0 Å². The van der Waals surface area contributed by atoms with Crippen LogP contribution in [0.15, 0.2) is 40.9 Å². The summed E-state index contributed by atoms with van der Waals surface area (Å²) in [6.07, 6.45) is 1.67. The molecule has 1 amide bonds. The Morgan fingerprint density at radius 3 is 2.68 bits per heavy atom. The zero-order valence-electron chi connectivity index (χ0n) is 13.0. The number of aromatic nitrogens is 1. The second-order valence-corrected chi connectivity index (χ2v) is 6.08. The third kappa shape index (κ3) is 2.90. The number of carbonyl (C=O) groups excluding carboxylic acids is 1. The highest BCUT2D eigenvalue weighted by atomic mass is 16.5. The molecular weight excluding hydrogens is 278 g/mol. The van der Waals surface area contributed by atoms with Gasteiger partial charge in [0, 0.05) is 24.7 Å². The summed E-state index contributed by atoms with van der Waals surface area (Å²) in [4.78, 5) is 14.5. The number of benzene rings is 1. The van der Waals surface area contributed by atoms with Crippen LogP contribution in [0.5, 0.6) is 0 Å². The molecule has 2 aromatic rings. The molecule has 1 aromatic carbocycles. The molecular formula is C17H21N3O2. The minimum atomic E-state index is -0.483. The highest BCUT2D eigenvalue weighted by Crippen LogP contribution is 2.48. The summed E-state index contributed by atoms with van der Waals surface area (Å²) < 4.78 is 5.43. The summed E-state index contributed by atoms with van der Waals surface area (Å²) in [5.74, 6) is 0.769. The third-order valence-corrected chi connectivity index (χ3v) is 4.09. The van der Waals surface area contributed by atoms with Gasteiger partial charge < -0.3 is 14.7 Å². The van der Waals surface area contributed by atoms with Crippen LogP contribution in [0.3, 0.4) is 0 Å². The Labute approximate surface area is 130 Å². The molecule has 1 saturated carbocycles. The van der Waals surface area contributed by atoms with Crippen molar-refractivity contribution in [1.82, 2.24) is 15.4 Å². The number of carbonyl (C=O) groups is 1. The van der Waals surface area contributed by atoms with Gasteiger partial charge in [-0.25, -0.2) is 0 Å². The Kier molecular flexibility index (Phi) is 3.98. The van der Waals surface area contributed by atoms with Crippen molar-refractivity contribution in [3.8, 4) is 11.3 Å². The summed E-state index contributed by atoms with van der Waals surface area (Å²) in [5.41, 5.74) is 1.24. The molecule has 1 aliphatic carbocycles. The van der Waals surface area contributed by atoms with Crippen molar-refractivity contribution in [2.24, 2.45) is 0 Å². The number of hydrogen-bond donors (Lipinski definition) is 1.